The molecular formula is C14H21N3O2. The van der Waals surface area contributed by atoms with Crippen LogP contribution >= 0.6 is 0 Å². The summed E-state index contributed by atoms with van der Waals surface area (Å²) in [4.78, 5) is 15.9. The molecule has 1 aromatic heterocycles. The Kier molecular flexibility index (Phi) is 4.37. The summed E-state index contributed by atoms with van der Waals surface area (Å²) in [5, 5.41) is 3.37. The monoisotopic (exact) mass is 263 g/mol. The van der Waals surface area contributed by atoms with E-state index in [1.807, 2.05) is 0 Å². The number of hydrogen-bond donors (Lipinski definition) is 2. The first-order valence-electron chi connectivity index (χ1n) is 6.70. The summed E-state index contributed by atoms with van der Waals surface area (Å²) in [5.41, 5.74) is 7.27. The standard InChI is InChI=1S/C14H21N3O2/c1-9-10(14(18)19-2)7-8-13(16-9)17-12-6-4-3-5-11(12)15/h7-8,11-12H,3-6,15H2,1-2H3,(H,16,17)/t11-,12-/m1/s1. The maximum Gasteiger partial charge on any atom is 0.339 e. The second kappa shape index (κ2) is 6.02. The number of aryl methyl sites for hydroxylation is 1. The first-order valence-corrected chi connectivity index (χ1v) is 6.70. The molecule has 0 radical (unpaired) electrons. The molecule has 0 unspecified atom stereocenters. The van der Waals surface area contributed by atoms with Crippen LogP contribution < -0.4 is 11.1 Å². The van der Waals surface area contributed by atoms with Crippen molar-refractivity contribution in [1.29, 1.82) is 0 Å². The van der Waals surface area contributed by atoms with Gasteiger partial charge in [0.15, 0.2) is 0 Å². The largest absolute Gasteiger partial charge is 0.465 e. The average Bonchev–Trinajstić information content (AvgIpc) is 2.41. The van der Waals surface area contributed by atoms with E-state index in [-0.39, 0.29) is 18.1 Å². The maximum absolute atomic E-state index is 11.5. The topological polar surface area (TPSA) is 77.2 Å². The van der Waals surface area contributed by atoms with E-state index < -0.39 is 0 Å². The molecule has 0 aliphatic heterocycles. The number of anilines is 1. The van der Waals surface area contributed by atoms with Gasteiger partial charge in [0.25, 0.3) is 0 Å². The lowest BCUT2D eigenvalue weighted by Crippen LogP contribution is -2.42. The number of pyridine rings is 1. The van der Waals surface area contributed by atoms with E-state index in [0.29, 0.717) is 11.3 Å². The summed E-state index contributed by atoms with van der Waals surface area (Å²) >= 11 is 0. The van der Waals surface area contributed by atoms with Gasteiger partial charge >= 0.3 is 5.97 Å². The number of rotatable bonds is 3. The number of nitrogens with zero attached hydrogens (tertiary/aromatic N) is 1. The van der Waals surface area contributed by atoms with E-state index in [2.05, 4.69) is 10.3 Å². The van der Waals surface area contributed by atoms with Gasteiger partial charge in [-0.3, -0.25) is 0 Å². The summed E-state index contributed by atoms with van der Waals surface area (Å²) in [5.74, 6) is 0.415. The molecule has 0 spiro atoms. The van der Waals surface area contributed by atoms with Crippen LogP contribution in [0.5, 0.6) is 0 Å². The molecule has 3 N–H and O–H groups in total. The first kappa shape index (κ1) is 13.8. The van der Waals surface area contributed by atoms with Crippen molar-refractivity contribution in [3.8, 4) is 0 Å². The molecule has 2 rings (SSSR count). The lowest BCUT2D eigenvalue weighted by atomic mass is 9.91. The number of carbonyl (C=O) groups excluding carboxylic acids is 1. The molecule has 0 amide bonds. The van der Waals surface area contributed by atoms with E-state index in [1.54, 1.807) is 19.1 Å². The van der Waals surface area contributed by atoms with E-state index in [1.165, 1.54) is 20.0 Å². The molecule has 2 atom stereocenters. The van der Waals surface area contributed by atoms with Crippen molar-refractivity contribution >= 4 is 11.8 Å². The van der Waals surface area contributed by atoms with Gasteiger partial charge in [0, 0.05) is 12.1 Å². The van der Waals surface area contributed by atoms with Crippen molar-refractivity contribution in [1.82, 2.24) is 4.98 Å². The molecule has 1 aromatic rings. The van der Waals surface area contributed by atoms with Crippen LogP contribution in [0, 0.1) is 6.92 Å². The molecule has 19 heavy (non-hydrogen) atoms. The van der Waals surface area contributed by atoms with Gasteiger partial charge in [0.1, 0.15) is 5.82 Å². The minimum absolute atomic E-state index is 0.177. The fourth-order valence-corrected chi connectivity index (χ4v) is 2.50. The Balaban J connectivity index is 2.09. The summed E-state index contributed by atoms with van der Waals surface area (Å²) in [6.45, 7) is 1.80. The second-order valence-electron chi connectivity index (χ2n) is 5.02. The van der Waals surface area contributed by atoms with Gasteiger partial charge < -0.3 is 15.8 Å². The molecule has 1 fully saturated rings. The zero-order valence-corrected chi connectivity index (χ0v) is 11.5. The fourth-order valence-electron chi connectivity index (χ4n) is 2.50. The summed E-state index contributed by atoms with van der Waals surface area (Å²) < 4.78 is 4.70. The minimum Gasteiger partial charge on any atom is -0.465 e. The second-order valence-corrected chi connectivity index (χ2v) is 5.02. The molecule has 1 heterocycles. The Morgan fingerprint density at radius 3 is 2.79 bits per heavy atom. The van der Waals surface area contributed by atoms with Crippen molar-refractivity contribution in [3.05, 3.63) is 23.4 Å². The normalized spacial score (nSPS) is 22.9. The van der Waals surface area contributed by atoms with Gasteiger partial charge in [0.2, 0.25) is 0 Å². The van der Waals surface area contributed by atoms with Crippen LogP contribution in [0.15, 0.2) is 12.1 Å². The third-order valence-electron chi connectivity index (χ3n) is 3.64. The number of nitrogens with one attached hydrogen (secondary N) is 1. The lowest BCUT2D eigenvalue weighted by Gasteiger charge is -2.29. The molecule has 1 aliphatic rings. The first-order chi connectivity index (χ1) is 9.11. The Morgan fingerprint density at radius 2 is 2.16 bits per heavy atom. The smallest absolute Gasteiger partial charge is 0.339 e. The summed E-state index contributed by atoms with van der Waals surface area (Å²) in [7, 11) is 1.37. The highest BCUT2D eigenvalue weighted by Gasteiger charge is 2.22. The third-order valence-corrected chi connectivity index (χ3v) is 3.64. The highest BCUT2D eigenvalue weighted by atomic mass is 16.5. The molecule has 5 nitrogen and oxygen atoms in total. The van der Waals surface area contributed by atoms with Crippen LogP contribution in [0.4, 0.5) is 5.82 Å². The molecule has 0 aromatic carbocycles. The number of nitrogens with two attached hydrogens (primary N) is 1. The number of hydrogen-bond acceptors (Lipinski definition) is 5. The average molecular weight is 263 g/mol. The zero-order valence-electron chi connectivity index (χ0n) is 11.5. The number of esters is 1. The predicted molar refractivity (Wildman–Crippen MR) is 74.2 cm³/mol. The maximum atomic E-state index is 11.5. The van der Waals surface area contributed by atoms with Crippen molar-refractivity contribution in [2.45, 2.75) is 44.7 Å². The predicted octanol–water partition coefficient (Wildman–Crippen LogP) is 1.86. The third kappa shape index (κ3) is 3.23. The lowest BCUT2D eigenvalue weighted by molar-refractivity contribution is 0.0599. The zero-order chi connectivity index (χ0) is 13.8. The molecule has 104 valence electrons. The number of carbonyl (C=O) groups is 1. The van der Waals surface area contributed by atoms with Gasteiger partial charge in [-0.25, -0.2) is 9.78 Å². The van der Waals surface area contributed by atoms with Crippen molar-refractivity contribution in [2.75, 3.05) is 12.4 Å². The van der Waals surface area contributed by atoms with Gasteiger partial charge in [-0.05, 0) is 31.9 Å². The van der Waals surface area contributed by atoms with E-state index >= 15 is 0 Å². The van der Waals surface area contributed by atoms with Crippen LogP contribution in [0.1, 0.15) is 41.7 Å². The van der Waals surface area contributed by atoms with E-state index in [4.69, 9.17) is 10.5 Å². The van der Waals surface area contributed by atoms with Crippen LogP contribution in [0.25, 0.3) is 0 Å². The molecule has 1 saturated carbocycles. The fraction of sp³-hybridized carbons (Fsp3) is 0.571. The van der Waals surface area contributed by atoms with Crippen molar-refractivity contribution in [2.24, 2.45) is 5.73 Å². The Bertz CT molecular complexity index is 462. The van der Waals surface area contributed by atoms with Crippen LogP contribution in [0.3, 0.4) is 0 Å². The number of ether oxygens (including phenoxy) is 1. The van der Waals surface area contributed by atoms with Gasteiger partial charge in [-0.1, -0.05) is 12.8 Å². The van der Waals surface area contributed by atoms with E-state index in [9.17, 15) is 4.79 Å². The molecule has 5 heteroatoms. The Morgan fingerprint density at radius 1 is 1.42 bits per heavy atom. The van der Waals surface area contributed by atoms with E-state index in [0.717, 1.165) is 18.7 Å². The molecular weight excluding hydrogens is 242 g/mol. The summed E-state index contributed by atoms with van der Waals surface area (Å²) in [6, 6.07) is 3.99. The number of methoxy groups -OCH3 is 1. The van der Waals surface area contributed by atoms with Gasteiger partial charge in [0.05, 0.1) is 18.4 Å². The minimum atomic E-state index is -0.356. The highest BCUT2D eigenvalue weighted by Crippen LogP contribution is 2.21. The highest BCUT2D eigenvalue weighted by molar-refractivity contribution is 5.90. The number of aromatic nitrogens is 1. The SMILES string of the molecule is COC(=O)c1ccc(N[C@@H]2CCCC[C@H]2N)nc1C. The molecule has 0 bridgehead atoms. The summed E-state index contributed by atoms with van der Waals surface area (Å²) in [6.07, 6.45) is 4.52. The van der Waals surface area contributed by atoms with Crippen molar-refractivity contribution < 1.29 is 9.53 Å². The quantitative estimate of drug-likeness (QED) is 0.814. The molecule has 0 saturated heterocycles. The Labute approximate surface area is 113 Å². The van der Waals surface area contributed by atoms with Crippen LogP contribution in [-0.4, -0.2) is 30.1 Å². The van der Waals surface area contributed by atoms with Gasteiger partial charge in [-0.15, -0.1) is 0 Å². The molecule has 1 aliphatic carbocycles. The van der Waals surface area contributed by atoms with Crippen LogP contribution in [0.2, 0.25) is 0 Å². The Hall–Kier alpha value is -1.62. The van der Waals surface area contributed by atoms with Crippen molar-refractivity contribution in [3.63, 3.8) is 0 Å². The van der Waals surface area contributed by atoms with Gasteiger partial charge in [-0.2, -0.15) is 0 Å². The van der Waals surface area contributed by atoms with Crippen LogP contribution in [-0.2, 0) is 4.74 Å².